The lowest BCUT2D eigenvalue weighted by Gasteiger charge is -2.08. The van der Waals surface area contributed by atoms with E-state index in [1.54, 1.807) is 13.8 Å². The third kappa shape index (κ3) is 4.18. The number of aryl methyl sites for hydroxylation is 2. The molecule has 0 unspecified atom stereocenters. The molecule has 1 amide bonds. The van der Waals surface area contributed by atoms with E-state index < -0.39 is 23.5 Å². The van der Waals surface area contributed by atoms with E-state index in [0.717, 1.165) is 5.56 Å². The first kappa shape index (κ1) is 16.7. The number of hydrogen-bond acceptors (Lipinski definition) is 4. The quantitative estimate of drug-likeness (QED) is 0.794. The van der Waals surface area contributed by atoms with Crippen molar-refractivity contribution < 1.29 is 18.0 Å². The Kier molecular flexibility index (Phi) is 4.52. The molecule has 2 rings (SSSR count). The van der Waals surface area contributed by atoms with Gasteiger partial charge in [-0.25, -0.2) is 9.78 Å². The fourth-order valence-electron chi connectivity index (χ4n) is 2.09. The van der Waals surface area contributed by atoms with Crippen molar-refractivity contribution in [2.75, 3.05) is 5.32 Å². The number of aromatic nitrogens is 4. The van der Waals surface area contributed by atoms with E-state index in [9.17, 15) is 22.8 Å². The summed E-state index contributed by atoms with van der Waals surface area (Å²) in [5.41, 5.74) is 0.326. The van der Waals surface area contributed by atoms with Gasteiger partial charge in [-0.1, -0.05) is 0 Å². The zero-order valence-electron chi connectivity index (χ0n) is 12.3. The Morgan fingerprint density at radius 2 is 2.00 bits per heavy atom. The lowest BCUT2D eigenvalue weighted by molar-refractivity contribution is -0.140. The van der Waals surface area contributed by atoms with Gasteiger partial charge >= 0.3 is 11.9 Å². The standard InChI is InChI=1S/C13H14F3N5O2/c1-6-8(7(2)19-12(23)18-6)3-4-10(22)21-11-17-5-9(20-11)13(14,15)16/h5H,3-4H2,1-2H3,(H,18,19,23)(H2,17,20,21,22). The molecule has 2 aromatic rings. The van der Waals surface area contributed by atoms with Gasteiger partial charge in [0.05, 0.1) is 6.20 Å². The van der Waals surface area contributed by atoms with Gasteiger partial charge in [0.1, 0.15) is 5.69 Å². The molecule has 0 atom stereocenters. The molecule has 3 N–H and O–H groups in total. The molecule has 0 bridgehead atoms. The molecule has 0 aromatic carbocycles. The largest absolute Gasteiger partial charge is 0.432 e. The molecule has 0 saturated carbocycles. The van der Waals surface area contributed by atoms with Crippen LogP contribution in [0.1, 0.15) is 29.1 Å². The predicted molar refractivity (Wildman–Crippen MR) is 74.9 cm³/mol. The molecule has 124 valence electrons. The van der Waals surface area contributed by atoms with Gasteiger partial charge in [-0.05, 0) is 25.8 Å². The first-order valence-electron chi connectivity index (χ1n) is 6.65. The molecule has 0 aliphatic carbocycles. The van der Waals surface area contributed by atoms with Crippen molar-refractivity contribution in [3.8, 4) is 0 Å². The Morgan fingerprint density at radius 1 is 1.30 bits per heavy atom. The minimum Gasteiger partial charge on any atom is -0.320 e. The van der Waals surface area contributed by atoms with Crippen molar-refractivity contribution in [1.29, 1.82) is 0 Å². The van der Waals surface area contributed by atoms with Crippen molar-refractivity contribution in [1.82, 2.24) is 19.9 Å². The lowest BCUT2D eigenvalue weighted by atomic mass is 10.1. The molecule has 10 heteroatoms. The number of aromatic amines is 2. The summed E-state index contributed by atoms with van der Waals surface area (Å²) in [6, 6.07) is 0. The summed E-state index contributed by atoms with van der Waals surface area (Å²) in [6.07, 6.45) is -3.64. The monoisotopic (exact) mass is 329 g/mol. The minimum atomic E-state index is -4.55. The van der Waals surface area contributed by atoms with Crippen molar-refractivity contribution in [3.63, 3.8) is 0 Å². The average molecular weight is 329 g/mol. The summed E-state index contributed by atoms with van der Waals surface area (Å²) >= 11 is 0. The van der Waals surface area contributed by atoms with Crippen LogP contribution in [0.5, 0.6) is 0 Å². The maximum Gasteiger partial charge on any atom is 0.432 e. The van der Waals surface area contributed by atoms with Gasteiger partial charge in [-0.15, -0.1) is 0 Å². The molecule has 0 saturated heterocycles. The first-order valence-corrected chi connectivity index (χ1v) is 6.65. The zero-order chi connectivity index (χ0) is 17.2. The van der Waals surface area contributed by atoms with E-state index in [2.05, 4.69) is 20.3 Å². The minimum absolute atomic E-state index is 0.0114. The van der Waals surface area contributed by atoms with E-state index in [1.165, 1.54) is 0 Å². The number of alkyl halides is 3. The molecule has 7 nitrogen and oxygen atoms in total. The van der Waals surface area contributed by atoms with E-state index >= 15 is 0 Å². The molecule has 2 aromatic heterocycles. The van der Waals surface area contributed by atoms with Crippen LogP contribution in [0.2, 0.25) is 0 Å². The first-order chi connectivity index (χ1) is 10.7. The van der Waals surface area contributed by atoms with Gasteiger partial charge in [-0.2, -0.15) is 18.2 Å². The van der Waals surface area contributed by atoms with Crippen LogP contribution in [-0.4, -0.2) is 25.8 Å². The normalized spacial score (nSPS) is 11.5. The summed E-state index contributed by atoms with van der Waals surface area (Å²) < 4.78 is 37.2. The number of carbonyl (C=O) groups excluding carboxylic acids is 1. The van der Waals surface area contributed by atoms with Gasteiger partial charge in [-0.3, -0.25) is 10.1 Å². The number of anilines is 1. The van der Waals surface area contributed by atoms with Crippen LogP contribution in [0.25, 0.3) is 0 Å². The van der Waals surface area contributed by atoms with Crippen molar-refractivity contribution in [2.45, 2.75) is 32.9 Å². The number of rotatable bonds is 4. The summed E-state index contributed by atoms with van der Waals surface area (Å²) in [5, 5.41) is 2.26. The zero-order valence-corrected chi connectivity index (χ0v) is 12.3. The Morgan fingerprint density at radius 3 is 2.57 bits per heavy atom. The van der Waals surface area contributed by atoms with E-state index in [4.69, 9.17) is 0 Å². The number of nitrogens with zero attached hydrogens (tertiary/aromatic N) is 2. The van der Waals surface area contributed by atoms with Gasteiger partial charge < -0.3 is 9.97 Å². The number of carbonyl (C=O) groups is 1. The van der Waals surface area contributed by atoms with Crippen LogP contribution < -0.4 is 11.0 Å². The average Bonchev–Trinajstić information content (AvgIpc) is 2.85. The molecule has 0 aliphatic rings. The van der Waals surface area contributed by atoms with Crippen molar-refractivity contribution in [2.24, 2.45) is 0 Å². The Labute approximate surface area is 128 Å². The Balaban J connectivity index is 1.98. The summed E-state index contributed by atoms with van der Waals surface area (Å²) in [7, 11) is 0. The molecule has 0 fully saturated rings. The Hall–Kier alpha value is -2.65. The van der Waals surface area contributed by atoms with Gasteiger partial charge in [0.25, 0.3) is 0 Å². The molecule has 0 radical (unpaired) electrons. The second-order valence-electron chi connectivity index (χ2n) is 4.92. The van der Waals surface area contributed by atoms with Crippen LogP contribution in [0.15, 0.2) is 11.0 Å². The second kappa shape index (κ2) is 6.23. The third-order valence-corrected chi connectivity index (χ3v) is 3.19. The van der Waals surface area contributed by atoms with Gasteiger partial charge in [0.2, 0.25) is 11.9 Å². The Bertz CT molecular complexity index is 752. The molecule has 2 heterocycles. The summed E-state index contributed by atoms with van der Waals surface area (Å²) in [4.78, 5) is 34.7. The van der Waals surface area contributed by atoms with E-state index in [-0.39, 0.29) is 12.4 Å². The van der Waals surface area contributed by atoms with Crippen molar-refractivity contribution >= 4 is 11.9 Å². The molecular weight excluding hydrogens is 315 g/mol. The number of amides is 1. The highest BCUT2D eigenvalue weighted by Crippen LogP contribution is 2.28. The maximum atomic E-state index is 12.4. The maximum absolute atomic E-state index is 12.4. The van der Waals surface area contributed by atoms with Gasteiger partial charge in [0.15, 0.2) is 0 Å². The second-order valence-corrected chi connectivity index (χ2v) is 4.92. The topological polar surface area (TPSA) is 104 Å². The SMILES string of the molecule is Cc1nc(=O)[nH]c(C)c1CCC(=O)Nc1ncc(C(F)(F)F)[nH]1. The fourth-order valence-corrected chi connectivity index (χ4v) is 2.09. The summed E-state index contributed by atoms with van der Waals surface area (Å²) in [6.45, 7) is 3.34. The molecule has 23 heavy (non-hydrogen) atoms. The smallest absolute Gasteiger partial charge is 0.320 e. The predicted octanol–water partition coefficient (Wildman–Crippen LogP) is 1.70. The number of halogens is 3. The van der Waals surface area contributed by atoms with Crippen LogP contribution in [-0.2, 0) is 17.4 Å². The fraction of sp³-hybridized carbons (Fsp3) is 0.385. The van der Waals surface area contributed by atoms with E-state index in [1.807, 2.05) is 4.98 Å². The van der Waals surface area contributed by atoms with Crippen LogP contribution in [0, 0.1) is 13.8 Å². The highest BCUT2D eigenvalue weighted by molar-refractivity contribution is 5.89. The van der Waals surface area contributed by atoms with Gasteiger partial charge in [0, 0.05) is 17.8 Å². The molecular formula is C13H14F3N5O2. The lowest BCUT2D eigenvalue weighted by Crippen LogP contribution is -2.18. The molecule has 0 aliphatic heterocycles. The van der Waals surface area contributed by atoms with Crippen molar-refractivity contribution in [3.05, 3.63) is 39.3 Å². The highest BCUT2D eigenvalue weighted by atomic mass is 19.4. The highest BCUT2D eigenvalue weighted by Gasteiger charge is 2.33. The number of H-pyrrole nitrogens is 2. The van der Waals surface area contributed by atoms with Crippen LogP contribution in [0.4, 0.5) is 19.1 Å². The number of imidazole rings is 1. The third-order valence-electron chi connectivity index (χ3n) is 3.19. The van der Waals surface area contributed by atoms with Crippen LogP contribution >= 0.6 is 0 Å². The summed E-state index contributed by atoms with van der Waals surface area (Å²) in [5.74, 6) is -0.770. The molecule has 0 spiro atoms. The number of nitrogens with one attached hydrogen (secondary N) is 3. The van der Waals surface area contributed by atoms with E-state index in [0.29, 0.717) is 24.0 Å². The number of hydrogen-bond donors (Lipinski definition) is 3. The van der Waals surface area contributed by atoms with Crippen LogP contribution in [0.3, 0.4) is 0 Å².